The van der Waals surface area contributed by atoms with E-state index in [0.29, 0.717) is 5.69 Å². The summed E-state index contributed by atoms with van der Waals surface area (Å²) in [5.41, 5.74) is 12.4. The number of fused-ring (bicyclic) bond motifs is 2. The van der Waals surface area contributed by atoms with Gasteiger partial charge in [-0.15, -0.1) is 0 Å². The van der Waals surface area contributed by atoms with E-state index in [0.717, 1.165) is 54.8 Å². The predicted octanol–water partition coefficient (Wildman–Crippen LogP) is 3.15. The Balaban J connectivity index is 1.45. The van der Waals surface area contributed by atoms with Crippen molar-refractivity contribution in [2.75, 3.05) is 11.1 Å². The lowest BCUT2D eigenvalue weighted by Gasteiger charge is -2.37. The number of anilines is 2. The number of carbonyl (C=O) groups excluding carboxylic acids is 1. The van der Waals surface area contributed by atoms with Crippen LogP contribution in [0.3, 0.4) is 0 Å². The second-order valence-corrected chi connectivity index (χ2v) is 9.24. The van der Waals surface area contributed by atoms with Crippen molar-refractivity contribution < 1.29 is 18.3 Å². The number of ether oxygens (including phenoxy) is 1. The van der Waals surface area contributed by atoms with Gasteiger partial charge in [0.2, 0.25) is 0 Å². The minimum Gasteiger partial charge on any atom is -0.389 e. The van der Waals surface area contributed by atoms with Gasteiger partial charge in [-0.2, -0.15) is 5.10 Å². The molecule has 1 aromatic carbocycles. The SMILES string of the molecule is Cn1ncc(NC(=O)c2nc(-c3c(F)cccc3F)sc2N)c1[C@@]12CC[C@@H](N)[C@H](CC1)O2. The van der Waals surface area contributed by atoms with Crippen LogP contribution in [0.25, 0.3) is 10.6 Å². The molecule has 8 nitrogen and oxygen atoms in total. The molecule has 0 radical (unpaired) electrons. The van der Waals surface area contributed by atoms with Crippen LogP contribution in [0.4, 0.5) is 19.5 Å². The van der Waals surface area contributed by atoms with Crippen LogP contribution in [0.5, 0.6) is 0 Å². The number of amides is 1. The van der Waals surface area contributed by atoms with Crippen LogP contribution in [0, 0.1) is 11.6 Å². The first-order valence-corrected chi connectivity index (χ1v) is 11.1. The number of thiazole rings is 1. The second kappa shape index (κ2) is 7.61. The van der Waals surface area contributed by atoms with E-state index in [1.165, 1.54) is 6.07 Å². The largest absolute Gasteiger partial charge is 0.389 e. The molecule has 3 atom stereocenters. The molecule has 1 amide bonds. The van der Waals surface area contributed by atoms with Crippen LogP contribution in [0.1, 0.15) is 41.9 Å². The number of hydrogen-bond acceptors (Lipinski definition) is 7. The van der Waals surface area contributed by atoms with Crippen molar-refractivity contribution in [3.8, 4) is 10.6 Å². The minimum atomic E-state index is -0.775. The second-order valence-electron chi connectivity index (χ2n) is 8.20. The van der Waals surface area contributed by atoms with Gasteiger partial charge in [0.15, 0.2) is 5.69 Å². The summed E-state index contributed by atoms with van der Waals surface area (Å²) in [6.07, 6.45) is 4.70. The lowest BCUT2D eigenvalue weighted by Crippen LogP contribution is -2.43. The lowest BCUT2D eigenvalue weighted by molar-refractivity contribution is -0.0941. The van der Waals surface area contributed by atoms with Gasteiger partial charge >= 0.3 is 0 Å². The van der Waals surface area contributed by atoms with Gasteiger partial charge in [-0.25, -0.2) is 13.8 Å². The molecule has 2 bridgehead atoms. The van der Waals surface area contributed by atoms with Crippen molar-refractivity contribution in [3.63, 3.8) is 0 Å². The Morgan fingerprint density at radius 1 is 1.31 bits per heavy atom. The quantitative estimate of drug-likeness (QED) is 0.550. The molecule has 5 rings (SSSR count). The molecule has 0 saturated carbocycles. The Morgan fingerprint density at radius 3 is 2.78 bits per heavy atom. The van der Waals surface area contributed by atoms with Crippen molar-refractivity contribution in [2.24, 2.45) is 12.8 Å². The van der Waals surface area contributed by atoms with Gasteiger partial charge < -0.3 is 21.5 Å². The molecule has 0 spiro atoms. The average Bonchev–Trinajstić information content (AvgIpc) is 3.42. The summed E-state index contributed by atoms with van der Waals surface area (Å²) in [7, 11) is 1.79. The maximum atomic E-state index is 14.2. The molecule has 5 N–H and O–H groups in total. The van der Waals surface area contributed by atoms with Crippen LogP contribution in [0.15, 0.2) is 24.4 Å². The number of aromatic nitrogens is 3. The minimum absolute atomic E-state index is 0.00325. The highest BCUT2D eigenvalue weighted by atomic mass is 32.1. The van der Waals surface area contributed by atoms with Gasteiger partial charge in [-0.3, -0.25) is 9.48 Å². The van der Waals surface area contributed by atoms with Gasteiger partial charge in [-0.1, -0.05) is 17.4 Å². The molecule has 4 heterocycles. The molecule has 2 saturated heterocycles. The van der Waals surface area contributed by atoms with Crippen molar-refractivity contribution >= 4 is 27.9 Å². The Morgan fingerprint density at radius 2 is 2.03 bits per heavy atom. The summed E-state index contributed by atoms with van der Waals surface area (Å²) in [5.74, 6) is -2.14. The van der Waals surface area contributed by atoms with Crippen LogP contribution >= 0.6 is 11.3 Å². The van der Waals surface area contributed by atoms with Gasteiger partial charge in [-0.05, 0) is 37.8 Å². The highest BCUT2D eigenvalue weighted by Crippen LogP contribution is 2.49. The van der Waals surface area contributed by atoms with E-state index in [4.69, 9.17) is 16.2 Å². The van der Waals surface area contributed by atoms with Crippen LogP contribution in [-0.2, 0) is 17.4 Å². The summed E-state index contributed by atoms with van der Waals surface area (Å²) in [6.45, 7) is 0. The molecule has 0 aliphatic carbocycles. The van der Waals surface area contributed by atoms with E-state index in [2.05, 4.69) is 15.4 Å². The van der Waals surface area contributed by atoms with Crippen LogP contribution < -0.4 is 16.8 Å². The smallest absolute Gasteiger partial charge is 0.277 e. The van der Waals surface area contributed by atoms with Gasteiger partial charge in [0.1, 0.15) is 27.2 Å². The summed E-state index contributed by atoms with van der Waals surface area (Å²) < 4.78 is 36.3. The monoisotopic (exact) mass is 460 g/mol. The fraction of sp³-hybridized carbons (Fsp3) is 0.381. The van der Waals surface area contributed by atoms with Crippen LogP contribution in [-0.4, -0.2) is 32.8 Å². The van der Waals surface area contributed by atoms with E-state index in [9.17, 15) is 13.6 Å². The highest BCUT2D eigenvalue weighted by molar-refractivity contribution is 7.19. The van der Waals surface area contributed by atoms with Crippen molar-refractivity contribution in [3.05, 3.63) is 47.4 Å². The van der Waals surface area contributed by atoms with Gasteiger partial charge in [0.25, 0.3) is 5.91 Å². The zero-order valence-corrected chi connectivity index (χ0v) is 18.1. The molecule has 168 valence electrons. The number of nitrogens with two attached hydrogens (primary N) is 2. The third-order valence-corrected chi connectivity index (χ3v) is 7.13. The molecular weight excluding hydrogens is 438 g/mol. The summed E-state index contributed by atoms with van der Waals surface area (Å²) >= 11 is 0.849. The molecule has 2 aliphatic heterocycles. The topological polar surface area (TPSA) is 121 Å². The Bertz CT molecular complexity index is 1190. The average molecular weight is 461 g/mol. The number of hydrogen-bond donors (Lipinski definition) is 3. The third-order valence-electron chi connectivity index (χ3n) is 6.23. The zero-order chi connectivity index (χ0) is 22.6. The fourth-order valence-corrected chi connectivity index (χ4v) is 5.58. The predicted molar refractivity (Wildman–Crippen MR) is 116 cm³/mol. The molecule has 2 aromatic heterocycles. The first-order chi connectivity index (χ1) is 15.3. The lowest BCUT2D eigenvalue weighted by atomic mass is 9.89. The number of nitrogens with one attached hydrogen (secondary N) is 1. The number of halogens is 2. The van der Waals surface area contributed by atoms with E-state index in [1.807, 2.05) is 0 Å². The number of benzene rings is 1. The molecular formula is C21H22F2N6O2S. The Kier molecular flexibility index (Phi) is 4.99. The molecule has 2 fully saturated rings. The first-order valence-electron chi connectivity index (χ1n) is 10.3. The highest BCUT2D eigenvalue weighted by Gasteiger charge is 2.50. The number of aryl methyl sites for hydroxylation is 1. The number of nitrogen functional groups attached to an aromatic ring is 1. The van der Waals surface area contributed by atoms with E-state index in [-0.39, 0.29) is 33.4 Å². The van der Waals surface area contributed by atoms with E-state index in [1.54, 1.807) is 17.9 Å². The maximum Gasteiger partial charge on any atom is 0.277 e. The number of carbonyl (C=O) groups is 1. The maximum absolute atomic E-state index is 14.2. The third kappa shape index (κ3) is 3.28. The molecule has 2 aliphatic rings. The zero-order valence-electron chi connectivity index (χ0n) is 17.3. The molecule has 32 heavy (non-hydrogen) atoms. The van der Waals surface area contributed by atoms with Crippen molar-refractivity contribution in [1.82, 2.24) is 14.8 Å². The van der Waals surface area contributed by atoms with Crippen molar-refractivity contribution in [1.29, 1.82) is 0 Å². The van der Waals surface area contributed by atoms with Crippen LogP contribution in [0.2, 0.25) is 0 Å². The molecule has 11 heteroatoms. The molecule has 3 aromatic rings. The Labute approximate surface area is 186 Å². The van der Waals surface area contributed by atoms with E-state index < -0.39 is 23.1 Å². The number of nitrogens with zero attached hydrogens (tertiary/aromatic N) is 3. The standard InChI is InChI=1S/C21H22F2N6O2S/c1-29-17(21-7-5-12(24)14(31-21)6-8-21)13(9-26-29)27-19(30)16-18(25)32-20(28-16)15-10(22)3-2-4-11(15)23/h2-4,9,12,14H,5-8,24-25H2,1H3,(H,27,30)/t12-,14+,21-/m1/s1. The Hall–Kier alpha value is -2.89. The summed E-state index contributed by atoms with van der Waals surface area (Å²) in [5, 5.41) is 7.18. The summed E-state index contributed by atoms with van der Waals surface area (Å²) in [6, 6.07) is 3.52. The van der Waals surface area contributed by atoms with Gasteiger partial charge in [0, 0.05) is 13.1 Å². The van der Waals surface area contributed by atoms with Crippen molar-refractivity contribution in [2.45, 2.75) is 43.4 Å². The number of rotatable bonds is 4. The summed E-state index contributed by atoms with van der Waals surface area (Å²) in [4.78, 5) is 17.1. The van der Waals surface area contributed by atoms with E-state index >= 15 is 0 Å². The first kappa shape index (κ1) is 21.0. The normalized spacial score (nSPS) is 24.6. The van der Waals surface area contributed by atoms with Gasteiger partial charge in [0.05, 0.1) is 29.2 Å². The molecule has 0 unspecified atom stereocenters. The fourth-order valence-electron chi connectivity index (χ4n) is 4.70.